The molecule has 4 heterocycles. The van der Waals surface area contributed by atoms with Gasteiger partial charge in [-0.2, -0.15) is 0 Å². The smallest absolute Gasteiger partial charge is 0.267 e. The number of aromatic nitrogens is 4. The summed E-state index contributed by atoms with van der Waals surface area (Å²) in [5, 5.41) is 13.7. The summed E-state index contributed by atoms with van der Waals surface area (Å²) in [4.78, 5) is 34.2. The van der Waals surface area contributed by atoms with E-state index in [1.165, 1.54) is 21.8 Å². The Labute approximate surface area is 157 Å². The fraction of sp³-hybridized carbons (Fsp3) is 0.167. The molecule has 4 aromatic heterocycles. The molecule has 0 atom stereocenters. The van der Waals surface area contributed by atoms with Crippen molar-refractivity contribution in [1.82, 2.24) is 18.9 Å². The van der Waals surface area contributed by atoms with Crippen molar-refractivity contribution in [2.24, 2.45) is 0 Å². The van der Waals surface area contributed by atoms with Gasteiger partial charge in [-0.05, 0) is 24.6 Å². The number of nitrogens with one attached hydrogen (secondary N) is 2. The maximum atomic E-state index is 13.0. The van der Waals surface area contributed by atoms with E-state index in [2.05, 4.69) is 15.3 Å². The summed E-state index contributed by atoms with van der Waals surface area (Å²) < 4.78 is 3.05. The third-order valence-corrected chi connectivity index (χ3v) is 4.85. The average Bonchev–Trinajstić information content (AvgIpc) is 3.17. The van der Waals surface area contributed by atoms with Gasteiger partial charge in [0.2, 0.25) is 0 Å². The molecule has 0 aliphatic carbocycles. The van der Waals surface area contributed by atoms with Gasteiger partial charge >= 0.3 is 0 Å². The molecule has 27 heavy (non-hydrogen) atoms. The zero-order valence-electron chi connectivity index (χ0n) is 14.5. The number of hydrogen-bond acceptors (Lipinski definition) is 6. The van der Waals surface area contributed by atoms with Crippen LogP contribution < -0.4 is 16.4 Å². The Hall–Kier alpha value is -3.33. The van der Waals surface area contributed by atoms with Crippen LogP contribution in [0.2, 0.25) is 0 Å². The number of nitrogens with zero attached hydrogens (tertiary/aromatic N) is 4. The number of anilines is 1. The molecule has 9 heteroatoms. The maximum absolute atomic E-state index is 13.0. The van der Waals surface area contributed by atoms with Crippen molar-refractivity contribution in [2.75, 3.05) is 5.32 Å². The fourth-order valence-corrected chi connectivity index (χ4v) is 3.48. The number of hydrogen-bond donors (Lipinski definition) is 2. The van der Waals surface area contributed by atoms with Gasteiger partial charge in [0.1, 0.15) is 16.8 Å². The first-order valence-electron chi connectivity index (χ1n) is 8.40. The number of aryl methyl sites for hydroxylation is 1. The third-order valence-electron chi connectivity index (χ3n) is 4.16. The number of carbonyl (C=O) groups excluding carboxylic acids is 1. The van der Waals surface area contributed by atoms with E-state index in [4.69, 9.17) is 5.41 Å². The maximum Gasteiger partial charge on any atom is 0.267 e. The van der Waals surface area contributed by atoms with Gasteiger partial charge in [0.25, 0.3) is 11.5 Å². The van der Waals surface area contributed by atoms with Crippen LogP contribution >= 0.6 is 11.3 Å². The highest BCUT2D eigenvalue weighted by Gasteiger charge is 2.17. The fourth-order valence-electron chi connectivity index (χ4n) is 2.95. The summed E-state index contributed by atoms with van der Waals surface area (Å²) in [5.74, 6) is -0.473. The number of rotatable bonds is 4. The van der Waals surface area contributed by atoms with Crippen LogP contribution in [-0.4, -0.2) is 24.8 Å². The highest BCUT2D eigenvalue weighted by molar-refractivity contribution is 7.13. The predicted molar refractivity (Wildman–Crippen MR) is 103 cm³/mol. The van der Waals surface area contributed by atoms with Crippen LogP contribution in [-0.2, 0) is 6.54 Å². The number of carbonyl (C=O) groups is 1. The average molecular weight is 380 g/mol. The van der Waals surface area contributed by atoms with Crippen LogP contribution in [0.15, 0.2) is 46.8 Å². The molecule has 0 aromatic carbocycles. The Morgan fingerprint density at radius 3 is 2.96 bits per heavy atom. The van der Waals surface area contributed by atoms with Crippen molar-refractivity contribution in [3.8, 4) is 0 Å². The number of thiazole rings is 1. The standard InChI is InChI=1S/C18H16N6O2S/c1-2-7-24-14(19)11(16(25)22-18-20-6-9-27-18)10-12-15(24)21-13-5-3-4-8-23(13)17(12)26/h3-6,8-10,19H,2,7H2,1H3,(H,20,22,25). The normalized spacial score (nSPS) is 11.1. The first-order chi connectivity index (χ1) is 13.1. The van der Waals surface area contributed by atoms with Gasteiger partial charge in [-0.15, -0.1) is 11.3 Å². The lowest BCUT2D eigenvalue weighted by Gasteiger charge is -2.13. The van der Waals surface area contributed by atoms with Crippen LogP contribution in [0.3, 0.4) is 0 Å². The highest BCUT2D eigenvalue weighted by Crippen LogP contribution is 2.14. The van der Waals surface area contributed by atoms with E-state index in [0.29, 0.717) is 28.4 Å². The highest BCUT2D eigenvalue weighted by atomic mass is 32.1. The predicted octanol–water partition coefficient (Wildman–Crippen LogP) is 2.25. The van der Waals surface area contributed by atoms with E-state index in [-0.39, 0.29) is 16.6 Å². The largest absolute Gasteiger partial charge is 0.310 e. The molecule has 0 unspecified atom stereocenters. The second kappa shape index (κ2) is 6.76. The van der Waals surface area contributed by atoms with Crippen molar-refractivity contribution in [3.05, 3.63) is 63.4 Å². The molecular weight excluding hydrogens is 364 g/mol. The molecule has 0 spiro atoms. The molecule has 0 aliphatic rings. The van der Waals surface area contributed by atoms with Gasteiger partial charge in [-0.3, -0.25) is 24.7 Å². The minimum atomic E-state index is -0.473. The molecule has 8 nitrogen and oxygen atoms in total. The lowest BCUT2D eigenvalue weighted by Crippen LogP contribution is -2.32. The molecule has 0 saturated heterocycles. The molecule has 0 radical (unpaired) electrons. The topological polar surface area (TPSA) is 105 Å². The molecule has 0 aliphatic heterocycles. The van der Waals surface area contributed by atoms with Gasteiger partial charge in [-0.1, -0.05) is 13.0 Å². The van der Waals surface area contributed by atoms with Crippen molar-refractivity contribution >= 4 is 39.1 Å². The number of amides is 1. The van der Waals surface area contributed by atoms with Gasteiger partial charge < -0.3 is 4.57 Å². The number of fused-ring (bicyclic) bond motifs is 2. The zero-order chi connectivity index (χ0) is 19.0. The molecule has 0 bridgehead atoms. The molecular formula is C18H16N6O2S. The number of pyridine rings is 2. The van der Waals surface area contributed by atoms with Gasteiger partial charge in [0.15, 0.2) is 5.13 Å². The van der Waals surface area contributed by atoms with E-state index in [9.17, 15) is 9.59 Å². The monoisotopic (exact) mass is 380 g/mol. The molecule has 0 fully saturated rings. The van der Waals surface area contributed by atoms with Crippen LogP contribution in [0.5, 0.6) is 0 Å². The van der Waals surface area contributed by atoms with E-state index < -0.39 is 5.91 Å². The van der Waals surface area contributed by atoms with Crippen LogP contribution in [0.1, 0.15) is 23.7 Å². The summed E-state index contributed by atoms with van der Waals surface area (Å²) >= 11 is 1.29. The van der Waals surface area contributed by atoms with Crippen LogP contribution in [0.4, 0.5) is 5.13 Å². The summed E-state index contributed by atoms with van der Waals surface area (Å²) in [7, 11) is 0. The summed E-state index contributed by atoms with van der Waals surface area (Å²) in [5.41, 5.74) is 0.762. The van der Waals surface area contributed by atoms with E-state index in [1.54, 1.807) is 40.5 Å². The summed E-state index contributed by atoms with van der Waals surface area (Å²) in [6.45, 7) is 2.44. The Kier molecular flexibility index (Phi) is 4.28. The van der Waals surface area contributed by atoms with Crippen molar-refractivity contribution in [1.29, 1.82) is 5.41 Å². The van der Waals surface area contributed by atoms with E-state index in [1.807, 2.05) is 6.92 Å². The van der Waals surface area contributed by atoms with Gasteiger partial charge in [0.05, 0.1) is 10.9 Å². The minimum Gasteiger partial charge on any atom is -0.310 e. The molecule has 1 amide bonds. The second-order valence-corrected chi connectivity index (χ2v) is 6.83. The Morgan fingerprint density at radius 2 is 2.22 bits per heavy atom. The molecule has 136 valence electrons. The first-order valence-corrected chi connectivity index (χ1v) is 9.28. The van der Waals surface area contributed by atoms with Crippen LogP contribution in [0, 0.1) is 5.41 Å². The molecule has 4 rings (SSSR count). The molecule has 4 aromatic rings. The first kappa shape index (κ1) is 17.1. The zero-order valence-corrected chi connectivity index (χ0v) is 15.3. The van der Waals surface area contributed by atoms with Gasteiger partial charge in [0, 0.05) is 24.3 Å². The lowest BCUT2D eigenvalue weighted by molar-refractivity contribution is 0.102. The second-order valence-electron chi connectivity index (χ2n) is 5.93. The SMILES string of the molecule is CCCn1c(=N)c(C(=O)Nc2nccs2)cc2c(=O)n3ccccc3nc21. The summed E-state index contributed by atoms with van der Waals surface area (Å²) in [6, 6.07) is 6.73. The molecule has 0 saturated carbocycles. The van der Waals surface area contributed by atoms with Crippen molar-refractivity contribution < 1.29 is 4.79 Å². The third kappa shape index (κ3) is 2.91. The van der Waals surface area contributed by atoms with E-state index >= 15 is 0 Å². The van der Waals surface area contributed by atoms with E-state index in [0.717, 1.165) is 6.42 Å². The summed E-state index contributed by atoms with van der Waals surface area (Å²) in [6.07, 6.45) is 3.96. The quantitative estimate of drug-likeness (QED) is 0.530. The molecule has 2 N–H and O–H groups in total. The lowest BCUT2D eigenvalue weighted by atomic mass is 10.2. The minimum absolute atomic E-state index is 0.0191. The Bertz CT molecular complexity index is 1270. The van der Waals surface area contributed by atoms with Crippen molar-refractivity contribution in [2.45, 2.75) is 19.9 Å². The Morgan fingerprint density at radius 1 is 1.37 bits per heavy atom. The van der Waals surface area contributed by atoms with Gasteiger partial charge in [-0.25, -0.2) is 9.97 Å². The van der Waals surface area contributed by atoms with Crippen molar-refractivity contribution in [3.63, 3.8) is 0 Å². The van der Waals surface area contributed by atoms with Crippen LogP contribution in [0.25, 0.3) is 16.7 Å². The Balaban J connectivity index is 2.00.